The molecule has 1 atom stereocenters. The van der Waals surface area contributed by atoms with E-state index in [-0.39, 0.29) is 0 Å². The molecule has 1 N–H and O–H groups in total. The van der Waals surface area contributed by atoms with Gasteiger partial charge in [0, 0.05) is 4.90 Å². The molecule has 16 heavy (non-hydrogen) atoms. The molecule has 0 unspecified atom stereocenters. The predicted octanol–water partition coefficient (Wildman–Crippen LogP) is 3.94. The van der Waals surface area contributed by atoms with Crippen molar-refractivity contribution >= 4 is 17.5 Å². The Bertz CT molecular complexity index is 350. The summed E-state index contributed by atoms with van der Waals surface area (Å²) in [6.07, 6.45) is 5.72. The SMILES string of the molecule is O/N=C1\CCCCC[C@H]1Sc1ccccc1. The first-order valence-corrected chi connectivity index (χ1v) is 6.70. The lowest BCUT2D eigenvalue weighted by Gasteiger charge is -2.14. The van der Waals surface area contributed by atoms with Crippen LogP contribution in [0, 0.1) is 0 Å². The maximum Gasteiger partial charge on any atom is 0.0704 e. The van der Waals surface area contributed by atoms with Crippen LogP contribution in [-0.4, -0.2) is 16.2 Å². The van der Waals surface area contributed by atoms with Gasteiger partial charge in [0.1, 0.15) is 0 Å². The fraction of sp³-hybridized carbons (Fsp3) is 0.462. The minimum absolute atomic E-state index is 0.356. The van der Waals surface area contributed by atoms with E-state index in [1.54, 1.807) is 0 Å². The maximum atomic E-state index is 9.04. The molecule has 1 aliphatic carbocycles. The third kappa shape index (κ3) is 3.01. The van der Waals surface area contributed by atoms with Crippen molar-refractivity contribution in [1.29, 1.82) is 0 Å². The van der Waals surface area contributed by atoms with Crippen LogP contribution >= 0.6 is 11.8 Å². The molecule has 1 aromatic carbocycles. The third-order valence-electron chi connectivity index (χ3n) is 2.92. The molecular formula is C13H17NOS. The van der Waals surface area contributed by atoms with Crippen molar-refractivity contribution in [3.8, 4) is 0 Å². The minimum Gasteiger partial charge on any atom is -0.411 e. The lowest BCUT2D eigenvalue weighted by Crippen LogP contribution is -2.15. The van der Waals surface area contributed by atoms with Crippen LogP contribution < -0.4 is 0 Å². The molecule has 0 saturated heterocycles. The summed E-state index contributed by atoms with van der Waals surface area (Å²) in [6.45, 7) is 0. The minimum atomic E-state index is 0.356. The molecule has 0 bridgehead atoms. The second-order valence-corrected chi connectivity index (χ2v) is 5.39. The van der Waals surface area contributed by atoms with E-state index in [1.807, 2.05) is 17.8 Å². The highest BCUT2D eigenvalue weighted by atomic mass is 32.2. The standard InChI is InChI=1S/C13H17NOS/c15-14-12-9-5-2-6-10-13(12)16-11-7-3-1-4-8-11/h1,3-4,7-8,13,15H,2,5-6,9-10H2/b14-12+/t13-/m1/s1. The van der Waals surface area contributed by atoms with Gasteiger partial charge in [0.15, 0.2) is 0 Å². The molecular weight excluding hydrogens is 218 g/mol. The van der Waals surface area contributed by atoms with Crippen LogP contribution in [0.4, 0.5) is 0 Å². The summed E-state index contributed by atoms with van der Waals surface area (Å²) in [5.41, 5.74) is 0.964. The van der Waals surface area contributed by atoms with E-state index in [1.165, 1.54) is 17.7 Å². The average Bonchev–Trinajstić information content (AvgIpc) is 2.55. The molecule has 0 heterocycles. The summed E-state index contributed by atoms with van der Waals surface area (Å²) >= 11 is 1.82. The van der Waals surface area contributed by atoms with E-state index in [9.17, 15) is 0 Å². The van der Waals surface area contributed by atoms with Crippen molar-refractivity contribution in [3.63, 3.8) is 0 Å². The van der Waals surface area contributed by atoms with Gasteiger partial charge in [-0.1, -0.05) is 36.2 Å². The van der Waals surface area contributed by atoms with Gasteiger partial charge in [-0.15, -0.1) is 11.8 Å². The Morgan fingerprint density at radius 3 is 2.69 bits per heavy atom. The van der Waals surface area contributed by atoms with Crippen molar-refractivity contribution in [2.24, 2.45) is 5.16 Å². The lowest BCUT2D eigenvalue weighted by molar-refractivity contribution is 0.316. The number of hydrogen-bond acceptors (Lipinski definition) is 3. The molecule has 0 aliphatic heterocycles. The van der Waals surface area contributed by atoms with Gasteiger partial charge in [0.05, 0.1) is 11.0 Å². The highest BCUT2D eigenvalue weighted by Crippen LogP contribution is 2.31. The molecule has 3 heteroatoms. The van der Waals surface area contributed by atoms with E-state index < -0.39 is 0 Å². The number of nitrogens with zero attached hydrogens (tertiary/aromatic N) is 1. The Hall–Kier alpha value is -0.960. The Labute approximate surface area is 101 Å². The lowest BCUT2D eigenvalue weighted by atomic mass is 10.2. The first kappa shape index (κ1) is 11.5. The van der Waals surface area contributed by atoms with E-state index in [0.29, 0.717) is 5.25 Å². The molecule has 0 radical (unpaired) electrons. The Kier molecular flexibility index (Phi) is 4.28. The zero-order valence-corrected chi connectivity index (χ0v) is 10.1. The zero-order chi connectivity index (χ0) is 11.2. The Morgan fingerprint density at radius 1 is 1.12 bits per heavy atom. The number of benzene rings is 1. The van der Waals surface area contributed by atoms with Crippen LogP contribution in [0.25, 0.3) is 0 Å². The van der Waals surface area contributed by atoms with E-state index >= 15 is 0 Å². The van der Waals surface area contributed by atoms with Crippen LogP contribution in [0.1, 0.15) is 32.1 Å². The van der Waals surface area contributed by atoms with Crippen LogP contribution in [-0.2, 0) is 0 Å². The van der Waals surface area contributed by atoms with Crippen molar-refractivity contribution in [1.82, 2.24) is 0 Å². The van der Waals surface area contributed by atoms with Crippen LogP contribution in [0.5, 0.6) is 0 Å². The summed E-state index contributed by atoms with van der Waals surface area (Å²) in [7, 11) is 0. The molecule has 0 spiro atoms. The number of rotatable bonds is 2. The monoisotopic (exact) mass is 235 g/mol. The summed E-state index contributed by atoms with van der Waals surface area (Å²) in [4.78, 5) is 1.26. The van der Waals surface area contributed by atoms with Crippen LogP contribution in [0.3, 0.4) is 0 Å². The quantitative estimate of drug-likeness (QED) is 0.478. The maximum absolute atomic E-state index is 9.04. The topological polar surface area (TPSA) is 32.6 Å². The molecule has 0 aromatic heterocycles. The fourth-order valence-corrected chi connectivity index (χ4v) is 3.27. The Morgan fingerprint density at radius 2 is 1.94 bits per heavy atom. The van der Waals surface area contributed by atoms with Gasteiger partial charge in [0.25, 0.3) is 0 Å². The first-order valence-electron chi connectivity index (χ1n) is 5.82. The number of thioether (sulfide) groups is 1. The Balaban J connectivity index is 2.06. The van der Waals surface area contributed by atoms with Gasteiger partial charge in [-0.05, 0) is 31.4 Å². The molecule has 2 rings (SSSR count). The number of oxime groups is 1. The van der Waals surface area contributed by atoms with Crippen molar-refractivity contribution in [3.05, 3.63) is 30.3 Å². The van der Waals surface area contributed by atoms with Gasteiger partial charge in [-0.3, -0.25) is 0 Å². The highest BCUT2D eigenvalue weighted by molar-refractivity contribution is 8.00. The van der Waals surface area contributed by atoms with E-state index in [4.69, 9.17) is 5.21 Å². The van der Waals surface area contributed by atoms with Crippen molar-refractivity contribution in [2.45, 2.75) is 42.2 Å². The molecule has 2 nitrogen and oxygen atoms in total. The molecule has 0 amide bonds. The predicted molar refractivity (Wildman–Crippen MR) is 68.4 cm³/mol. The smallest absolute Gasteiger partial charge is 0.0704 e. The summed E-state index contributed by atoms with van der Waals surface area (Å²) < 4.78 is 0. The summed E-state index contributed by atoms with van der Waals surface area (Å²) in [6, 6.07) is 10.4. The van der Waals surface area contributed by atoms with Crippen LogP contribution in [0.15, 0.2) is 40.4 Å². The van der Waals surface area contributed by atoms with Gasteiger partial charge in [-0.25, -0.2) is 0 Å². The number of hydrogen-bond donors (Lipinski definition) is 1. The molecule has 1 aromatic rings. The largest absolute Gasteiger partial charge is 0.411 e. The molecule has 1 saturated carbocycles. The third-order valence-corrected chi connectivity index (χ3v) is 4.26. The molecule has 1 aliphatic rings. The second-order valence-electron chi connectivity index (χ2n) is 4.11. The normalized spacial score (nSPS) is 24.2. The van der Waals surface area contributed by atoms with Gasteiger partial charge >= 0.3 is 0 Å². The first-order chi connectivity index (χ1) is 7.90. The van der Waals surface area contributed by atoms with Crippen molar-refractivity contribution < 1.29 is 5.21 Å². The zero-order valence-electron chi connectivity index (χ0n) is 9.30. The average molecular weight is 235 g/mol. The highest BCUT2D eigenvalue weighted by Gasteiger charge is 2.20. The van der Waals surface area contributed by atoms with Crippen molar-refractivity contribution in [2.75, 3.05) is 0 Å². The van der Waals surface area contributed by atoms with Gasteiger partial charge < -0.3 is 5.21 Å². The fourth-order valence-electron chi connectivity index (χ4n) is 2.04. The van der Waals surface area contributed by atoms with E-state index in [2.05, 4.69) is 29.4 Å². The second kappa shape index (κ2) is 5.94. The van der Waals surface area contributed by atoms with Gasteiger partial charge in [0.2, 0.25) is 0 Å². The van der Waals surface area contributed by atoms with Gasteiger partial charge in [-0.2, -0.15) is 0 Å². The summed E-state index contributed by atoms with van der Waals surface area (Å²) in [5, 5.41) is 12.9. The van der Waals surface area contributed by atoms with E-state index in [0.717, 1.165) is 25.0 Å². The molecule has 86 valence electrons. The summed E-state index contributed by atoms with van der Waals surface area (Å²) in [5.74, 6) is 0. The van der Waals surface area contributed by atoms with Crippen LogP contribution in [0.2, 0.25) is 0 Å². The molecule has 1 fully saturated rings.